The third-order valence-electron chi connectivity index (χ3n) is 4.26. The van der Waals surface area contributed by atoms with Crippen molar-refractivity contribution in [3.63, 3.8) is 0 Å². The zero-order chi connectivity index (χ0) is 17.4. The third kappa shape index (κ3) is 2.90. The Balaban J connectivity index is 1.82. The Morgan fingerprint density at radius 1 is 1.12 bits per heavy atom. The quantitative estimate of drug-likeness (QED) is 0.578. The molecule has 0 amide bonds. The maximum atomic E-state index is 9.74. The van der Waals surface area contributed by atoms with Crippen LogP contribution in [0, 0.1) is 0 Å². The highest BCUT2D eigenvalue weighted by atomic mass is 35.5. The normalized spacial score (nSPS) is 12.4. The number of halogens is 1. The van der Waals surface area contributed by atoms with Gasteiger partial charge in [0, 0.05) is 23.6 Å². The molecule has 2 aromatic carbocycles. The molecule has 0 saturated carbocycles. The standard InChI is InChI=1S/C20H16ClN3O/c1-13(25)14-5-6-20-19(10-14)23-12-24(20)16-4-2-3-15(9-16)17-7-8-22-11-18(17)21/h2-13,25H,1H3/t13-/m0/s1. The van der Waals surface area contributed by atoms with Crippen LogP contribution in [0.15, 0.2) is 67.3 Å². The molecule has 5 heteroatoms. The van der Waals surface area contributed by atoms with E-state index in [0.717, 1.165) is 33.4 Å². The van der Waals surface area contributed by atoms with Crippen molar-refractivity contribution in [2.75, 3.05) is 0 Å². The molecule has 25 heavy (non-hydrogen) atoms. The van der Waals surface area contributed by atoms with E-state index in [0.29, 0.717) is 5.02 Å². The summed E-state index contributed by atoms with van der Waals surface area (Å²) in [5, 5.41) is 10.4. The lowest BCUT2D eigenvalue weighted by Crippen LogP contribution is -1.94. The topological polar surface area (TPSA) is 50.9 Å². The monoisotopic (exact) mass is 349 g/mol. The number of nitrogens with zero attached hydrogens (tertiary/aromatic N) is 3. The van der Waals surface area contributed by atoms with Crippen molar-refractivity contribution in [2.24, 2.45) is 0 Å². The summed E-state index contributed by atoms with van der Waals surface area (Å²) < 4.78 is 2.03. The number of pyridine rings is 1. The number of hydrogen-bond acceptors (Lipinski definition) is 3. The molecule has 4 nitrogen and oxygen atoms in total. The van der Waals surface area contributed by atoms with E-state index in [4.69, 9.17) is 11.6 Å². The largest absolute Gasteiger partial charge is 0.389 e. The zero-order valence-electron chi connectivity index (χ0n) is 13.6. The van der Waals surface area contributed by atoms with Crippen LogP contribution in [0.2, 0.25) is 5.02 Å². The highest BCUT2D eigenvalue weighted by molar-refractivity contribution is 6.33. The van der Waals surface area contributed by atoms with E-state index in [1.807, 2.05) is 47.0 Å². The molecule has 0 saturated heterocycles. The van der Waals surface area contributed by atoms with Crippen molar-refractivity contribution in [2.45, 2.75) is 13.0 Å². The molecule has 0 spiro atoms. The summed E-state index contributed by atoms with van der Waals surface area (Å²) in [5.74, 6) is 0. The number of aromatic nitrogens is 3. The van der Waals surface area contributed by atoms with Gasteiger partial charge in [-0.15, -0.1) is 0 Å². The second kappa shape index (κ2) is 6.31. The van der Waals surface area contributed by atoms with Gasteiger partial charge in [0.05, 0.1) is 22.2 Å². The summed E-state index contributed by atoms with van der Waals surface area (Å²) in [6, 6.07) is 15.9. The molecule has 0 radical (unpaired) electrons. The van der Waals surface area contributed by atoms with Crippen molar-refractivity contribution in [3.8, 4) is 16.8 Å². The van der Waals surface area contributed by atoms with Gasteiger partial charge in [0.25, 0.3) is 0 Å². The lowest BCUT2D eigenvalue weighted by Gasteiger charge is -2.09. The lowest BCUT2D eigenvalue weighted by molar-refractivity contribution is 0.199. The Kier molecular flexibility index (Phi) is 3.99. The Morgan fingerprint density at radius 2 is 2.00 bits per heavy atom. The summed E-state index contributed by atoms with van der Waals surface area (Å²) in [7, 11) is 0. The first-order valence-corrected chi connectivity index (χ1v) is 8.36. The first kappa shape index (κ1) is 15.8. The second-order valence-corrected chi connectivity index (χ2v) is 6.35. The van der Waals surface area contributed by atoms with E-state index < -0.39 is 6.10 Å². The Labute approximate surface area is 150 Å². The van der Waals surface area contributed by atoms with Gasteiger partial charge in [0.2, 0.25) is 0 Å². The molecule has 4 rings (SSSR count). The molecule has 2 heterocycles. The highest BCUT2D eigenvalue weighted by Crippen LogP contribution is 2.29. The van der Waals surface area contributed by atoms with Crippen molar-refractivity contribution in [3.05, 3.63) is 77.8 Å². The van der Waals surface area contributed by atoms with E-state index in [9.17, 15) is 5.11 Å². The van der Waals surface area contributed by atoms with Gasteiger partial charge in [-0.25, -0.2) is 4.98 Å². The first-order valence-electron chi connectivity index (χ1n) is 7.99. The van der Waals surface area contributed by atoms with E-state index in [1.165, 1.54) is 0 Å². The fourth-order valence-electron chi connectivity index (χ4n) is 2.93. The second-order valence-electron chi connectivity index (χ2n) is 5.94. The third-order valence-corrected chi connectivity index (χ3v) is 4.56. The minimum absolute atomic E-state index is 0.508. The van der Waals surface area contributed by atoms with Gasteiger partial charge in [0.1, 0.15) is 6.33 Å². The van der Waals surface area contributed by atoms with E-state index in [-0.39, 0.29) is 0 Å². The number of hydrogen-bond donors (Lipinski definition) is 1. The maximum Gasteiger partial charge on any atom is 0.100 e. The van der Waals surface area contributed by atoms with Gasteiger partial charge in [-0.1, -0.05) is 29.8 Å². The number of fused-ring (bicyclic) bond motifs is 1. The minimum atomic E-state index is -0.508. The highest BCUT2D eigenvalue weighted by Gasteiger charge is 2.09. The maximum absolute atomic E-state index is 9.74. The molecular formula is C20H16ClN3O. The van der Waals surface area contributed by atoms with Crippen LogP contribution in [-0.4, -0.2) is 19.6 Å². The summed E-state index contributed by atoms with van der Waals surface area (Å²) in [4.78, 5) is 8.51. The molecule has 2 aromatic heterocycles. The summed E-state index contributed by atoms with van der Waals surface area (Å²) in [6.45, 7) is 1.75. The molecule has 0 unspecified atom stereocenters. The van der Waals surface area contributed by atoms with Crippen molar-refractivity contribution in [1.82, 2.24) is 14.5 Å². The summed E-state index contributed by atoms with van der Waals surface area (Å²) >= 11 is 6.27. The average Bonchev–Trinajstić information content (AvgIpc) is 3.05. The summed E-state index contributed by atoms with van der Waals surface area (Å²) in [5.41, 5.74) is 5.66. The van der Waals surface area contributed by atoms with Crippen LogP contribution in [0.1, 0.15) is 18.6 Å². The summed E-state index contributed by atoms with van der Waals surface area (Å²) in [6.07, 6.45) is 4.67. The van der Waals surface area contributed by atoms with Crippen LogP contribution < -0.4 is 0 Å². The molecule has 0 aliphatic heterocycles. The molecule has 1 N–H and O–H groups in total. The predicted molar refractivity (Wildman–Crippen MR) is 99.9 cm³/mol. The molecule has 1 atom stereocenters. The van der Waals surface area contributed by atoms with E-state index in [1.54, 1.807) is 25.6 Å². The Hall–Kier alpha value is -2.69. The van der Waals surface area contributed by atoms with E-state index in [2.05, 4.69) is 16.0 Å². The van der Waals surface area contributed by atoms with Gasteiger partial charge in [0.15, 0.2) is 0 Å². The fraction of sp³-hybridized carbons (Fsp3) is 0.100. The van der Waals surface area contributed by atoms with Crippen LogP contribution in [0.3, 0.4) is 0 Å². The van der Waals surface area contributed by atoms with Crippen molar-refractivity contribution >= 4 is 22.6 Å². The van der Waals surface area contributed by atoms with Crippen LogP contribution in [-0.2, 0) is 0 Å². The predicted octanol–water partition coefficient (Wildman–Crippen LogP) is 4.79. The van der Waals surface area contributed by atoms with Gasteiger partial charge in [-0.05, 0) is 48.4 Å². The Bertz CT molecular complexity index is 1060. The zero-order valence-corrected chi connectivity index (χ0v) is 14.4. The van der Waals surface area contributed by atoms with Crippen molar-refractivity contribution < 1.29 is 5.11 Å². The number of rotatable bonds is 3. The molecule has 124 valence electrons. The molecule has 0 fully saturated rings. The minimum Gasteiger partial charge on any atom is -0.389 e. The van der Waals surface area contributed by atoms with E-state index >= 15 is 0 Å². The average molecular weight is 350 g/mol. The molecule has 4 aromatic rings. The van der Waals surface area contributed by atoms with Crippen LogP contribution in [0.4, 0.5) is 0 Å². The first-order chi connectivity index (χ1) is 12.1. The fourth-order valence-corrected chi connectivity index (χ4v) is 3.16. The SMILES string of the molecule is C[C@H](O)c1ccc2c(c1)ncn2-c1cccc(-c2ccncc2Cl)c1. The Morgan fingerprint density at radius 3 is 2.80 bits per heavy atom. The molecular weight excluding hydrogens is 334 g/mol. The van der Waals surface area contributed by atoms with Crippen molar-refractivity contribution in [1.29, 1.82) is 0 Å². The van der Waals surface area contributed by atoms with Crippen LogP contribution >= 0.6 is 11.6 Å². The molecule has 0 aliphatic rings. The van der Waals surface area contributed by atoms with Gasteiger partial charge in [-0.2, -0.15) is 0 Å². The molecule has 0 aliphatic carbocycles. The smallest absolute Gasteiger partial charge is 0.100 e. The number of imidazole rings is 1. The number of aliphatic hydroxyl groups is 1. The number of aliphatic hydroxyl groups excluding tert-OH is 1. The number of benzene rings is 2. The van der Waals surface area contributed by atoms with Gasteiger partial charge in [-0.3, -0.25) is 9.55 Å². The van der Waals surface area contributed by atoms with Crippen LogP contribution in [0.25, 0.3) is 27.8 Å². The lowest BCUT2D eigenvalue weighted by atomic mass is 10.1. The van der Waals surface area contributed by atoms with Gasteiger partial charge >= 0.3 is 0 Å². The van der Waals surface area contributed by atoms with Crippen LogP contribution in [0.5, 0.6) is 0 Å². The van der Waals surface area contributed by atoms with Gasteiger partial charge < -0.3 is 5.11 Å². The molecule has 0 bridgehead atoms.